The molecule has 180 valence electrons. The fraction of sp³-hybridized carbons (Fsp3) is 0.333. The van der Waals surface area contributed by atoms with Crippen LogP contribution in [0.1, 0.15) is 48.7 Å². The van der Waals surface area contributed by atoms with Crippen LogP contribution in [-0.2, 0) is 4.79 Å². The van der Waals surface area contributed by atoms with Crippen molar-refractivity contribution in [1.29, 1.82) is 0 Å². The third-order valence-electron chi connectivity index (χ3n) is 6.63. The maximum absolute atomic E-state index is 13.3. The quantitative estimate of drug-likeness (QED) is 0.293. The number of aryl methyl sites for hydroxylation is 2. The largest absolute Gasteiger partial charge is 0.322 e. The maximum Gasteiger partial charge on any atom is 0.262 e. The molecule has 4 aromatic rings. The summed E-state index contributed by atoms with van der Waals surface area (Å²) in [6.45, 7) is 5.89. The molecule has 1 aliphatic rings. The van der Waals surface area contributed by atoms with Crippen molar-refractivity contribution in [2.75, 3.05) is 11.1 Å². The summed E-state index contributed by atoms with van der Waals surface area (Å²) >= 11 is 1.32. The molecule has 0 spiro atoms. The van der Waals surface area contributed by atoms with Crippen LogP contribution in [0.15, 0.2) is 58.5 Å². The van der Waals surface area contributed by atoms with Crippen LogP contribution in [0.3, 0.4) is 0 Å². The number of carbonyl (C=O) groups is 1. The van der Waals surface area contributed by atoms with Crippen molar-refractivity contribution in [3.05, 3.63) is 75.8 Å². The normalized spacial score (nSPS) is 14.0. The number of benzene rings is 2. The van der Waals surface area contributed by atoms with E-state index in [2.05, 4.69) is 10.4 Å². The molecule has 1 fully saturated rings. The monoisotopic (exact) mass is 487 g/mol. The van der Waals surface area contributed by atoms with Crippen molar-refractivity contribution in [3.63, 3.8) is 0 Å². The average molecular weight is 488 g/mol. The molecule has 1 aliphatic carbocycles. The molecular weight excluding hydrogens is 458 g/mol. The van der Waals surface area contributed by atoms with Crippen LogP contribution in [0, 0.1) is 20.8 Å². The fourth-order valence-corrected chi connectivity index (χ4v) is 5.64. The predicted molar refractivity (Wildman–Crippen MR) is 141 cm³/mol. The molecule has 7 nitrogen and oxygen atoms in total. The lowest BCUT2D eigenvalue weighted by Gasteiger charge is -2.18. The van der Waals surface area contributed by atoms with Gasteiger partial charge in [-0.3, -0.25) is 14.2 Å². The second-order valence-electron chi connectivity index (χ2n) is 9.15. The van der Waals surface area contributed by atoms with Crippen LogP contribution in [-0.4, -0.2) is 31.0 Å². The van der Waals surface area contributed by atoms with Gasteiger partial charge < -0.3 is 5.32 Å². The van der Waals surface area contributed by atoms with E-state index in [1.807, 2.05) is 78.6 Å². The van der Waals surface area contributed by atoms with Gasteiger partial charge in [-0.1, -0.05) is 54.4 Å². The second kappa shape index (κ2) is 9.70. The molecule has 0 bridgehead atoms. The molecule has 2 heterocycles. The van der Waals surface area contributed by atoms with Gasteiger partial charge in [-0.25, -0.2) is 9.67 Å². The molecule has 0 atom stereocenters. The van der Waals surface area contributed by atoms with Gasteiger partial charge >= 0.3 is 0 Å². The summed E-state index contributed by atoms with van der Waals surface area (Å²) in [5.74, 6) is 0.0107. The van der Waals surface area contributed by atoms with Crippen LogP contribution in [0.5, 0.6) is 0 Å². The van der Waals surface area contributed by atoms with Gasteiger partial charge in [0, 0.05) is 6.04 Å². The lowest BCUT2D eigenvalue weighted by molar-refractivity contribution is -0.113. The van der Waals surface area contributed by atoms with E-state index in [1.54, 1.807) is 0 Å². The smallest absolute Gasteiger partial charge is 0.262 e. The summed E-state index contributed by atoms with van der Waals surface area (Å²) in [6.07, 6.45) is 4.16. The molecule has 1 saturated carbocycles. The molecule has 0 aliphatic heterocycles. The van der Waals surface area contributed by atoms with Gasteiger partial charge in [-0.05, 0) is 57.9 Å². The number of carbonyl (C=O) groups excluding carboxylic acids is 1. The third-order valence-corrected chi connectivity index (χ3v) is 7.58. The van der Waals surface area contributed by atoms with Crippen LogP contribution in [0.2, 0.25) is 0 Å². The Hall–Kier alpha value is -3.39. The highest BCUT2D eigenvalue weighted by molar-refractivity contribution is 7.99. The summed E-state index contributed by atoms with van der Waals surface area (Å²) in [5, 5.41) is 8.90. The summed E-state index contributed by atoms with van der Waals surface area (Å²) < 4.78 is 3.67. The Labute approximate surface area is 208 Å². The molecule has 35 heavy (non-hydrogen) atoms. The first-order chi connectivity index (χ1) is 16.9. The predicted octanol–water partition coefficient (Wildman–Crippen LogP) is 5.35. The highest BCUT2D eigenvalue weighted by Gasteiger charge is 2.24. The number of aromatic nitrogens is 4. The summed E-state index contributed by atoms with van der Waals surface area (Å²) in [7, 11) is 0. The van der Waals surface area contributed by atoms with E-state index in [1.165, 1.54) is 17.3 Å². The molecule has 0 radical (unpaired) electrons. The standard InChI is InChI=1S/C27H29N5O2S/c1-17-12-14-21(15-13-17)32-19(3)25(18(2)30-32)29-24(33)16-35-27-28-23-11-7-6-10-22(23)26(34)31(27)20-8-4-5-9-20/h6-7,10-15,20H,4-5,8-9,16H2,1-3H3,(H,29,33). The molecule has 8 heteroatoms. The summed E-state index contributed by atoms with van der Waals surface area (Å²) in [5.41, 5.74) is 5.13. The fourth-order valence-electron chi connectivity index (χ4n) is 4.78. The van der Waals surface area contributed by atoms with Gasteiger partial charge in [0.25, 0.3) is 5.56 Å². The number of fused-ring (bicyclic) bond motifs is 1. The second-order valence-corrected chi connectivity index (χ2v) is 10.1. The Balaban J connectivity index is 1.37. The van der Waals surface area contributed by atoms with Crippen molar-refractivity contribution >= 4 is 34.3 Å². The Kier molecular flexibility index (Phi) is 6.47. The first-order valence-corrected chi connectivity index (χ1v) is 13.0. The van der Waals surface area contributed by atoms with Crippen LogP contribution < -0.4 is 10.9 Å². The van der Waals surface area contributed by atoms with Gasteiger partial charge in [0.15, 0.2) is 5.16 Å². The number of anilines is 1. The van der Waals surface area contributed by atoms with Crippen molar-refractivity contribution in [2.24, 2.45) is 0 Å². The zero-order chi connectivity index (χ0) is 24.5. The van der Waals surface area contributed by atoms with Gasteiger partial charge in [0.2, 0.25) is 5.91 Å². The van der Waals surface area contributed by atoms with E-state index in [0.717, 1.165) is 48.4 Å². The molecule has 1 amide bonds. The SMILES string of the molecule is Cc1ccc(-n2nc(C)c(NC(=O)CSc3nc4ccccc4c(=O)n3C3CCCC3)c2C)cc1. The molecule has 1 N–H and O–H groups in total. The minimum absolute atomic E-state index is 0.0172. The number of hydrogen-bond donors (Lipinski definition) is 1. The number of hydrogen-bond acceptors (Lipinski definition) is 5. The molecule has 0 unspecified atom stereocenters. The lowest BCUT2D eigenvalue weighted by atomic mass is 10.2. The summed E-state index contributed by atoms with van der Waals surface area (Å²) in [4.78, 5) is 31.1. The molecular formula is C27H29N5O2S. The van der Waals surface area contributed by atoms with Gasteiger partial charge in [0.1, 0.15) is 0 Å². The maximum atomic E-state index is 13.3. The average Bonchev–Trinajstić information content (AvgIpc) is 3.48. The zero-order valence-electron chi connectivity index (χ0n) is 20.2. The first kappa shape index (κ1) is 23.4. The lowest BCUT2D eigenvalue weighted by Crippen LogP contribution is -2.27. The zero-order valence-corrected chi connectivity index (χ0v) is 21.1. The van der Waals surface area contributed by atoms with Crippen LogP contribution in [0.25, 0.3) is 16.6 Å². The van der Waals surface area contributed by atoms with E-state index >= 15 is 0 Å². The molecule has 2 aromatic carbocycles. The molecule has 2 aromatic heterocycles. The highest BCUT2D eigenvalue weighted by Crippen LogP contribution is 2.32. The number of amides is 1. The van der Waals surface area contributed by atoms with Crippen molar-refractivity contribution in [1.82, 2.24) is 19.3 Å². The highest BCUT2D eigenvalue weighted by atomic mass is 32.2. The van der Waals surface area contributed by atoms with Gasteiger partial charge in [-0.2, -0.15) is 5.10 Å². The van der Waals surface area contributed by atoms with Crippen LogP contribution >= 0.6 is 11.8 Å². The minimum Gasteiger partial charge on any atom is -0.322 e. The Morgan fingerprint density at radius 2 is 1.77 bits per heavy atom. The van der Waals surface area contributed by atoms with E-state index in [4.69, 9.17) is 4.98 Å². The molecule has 5 rings (SSSR count). The Morgan fingerprint density at radius 1 is 1.06 bits per heavy atom. The van der Waals surface area contributed by atoms with E-state index in [0.29, 0.717) is 16.1 Å². The van der Waals surface area contributed by atoms with E-state index in [9.17, 15) is 9.59 Å². The number of para-hydroxylation sites is 1. The number of nitrogens with zero attached hydrogens (tertiary/aromatic N) is 4. The van der Waals surface area contributed by atoms with Gasteiger partial charge in [-0.15, -0.1) is 0 Å². The van der Waals surface area contributed by atoms with Crippen molar-refractivity contribution in [2.45, 2.75) is 57.7 Å². The Morgan fingerprint density at radius 3 is 2.51 bits per heavy atom. The van der Waals surface area contributed by atoms with E-state index < -0.39 is 0 Å². The van der Waals surface area contributed by atoms with Gasteiger partial charge in [0.05, 0.1) is 39.4 Å². The number of nitrogens with one attached hydrogen (secondary N) is 1. The van der Waals surface area contributed by atoms with Crippen molar-refractivity contribution < 1.29 is 4.79 Å². The summed E-state index contributed by atoms with van der Waals surface area (Å²) in [6, 6.07) is 15.7. The van der Waals surface area contributed by atoms with Crippen LogP contribution in [0.4, 0.5) is 5.69 Å². The first-order valence-electron chi connectivity index (χ1n) is 12.0. The minimum atomic E-state index is -0.148. The Bertz CT molecular complexity index is 1450. The topological polar surface area (TPSA) is 81.8 Å². The number of thioether (sulfide) groups is 1. The van der Waals surface area contributed by atoms with E-state index in [-0.39, 0.29) is 23.3 Å². The number of rotatable bonds is 6. The molecule has 0 saturated heterocycles. The third kappa shape index (κ3) is 4.62. The van der Waals surface area contributed by atoms with Crippen molar-refractivity contribution in [3.8, 4) is 5.69 Å².